The number of pyridine rings is 1. The van der Waals surface area contributed by atoms with Gasteiger partial charge in [0.05, 0.1) is 0 Å². The number of primary amides is 1. The Kier molecular flexibility index (Phi) is 3.97. The molecule has 2 heterocycles. The van der Waals surface area contributed by atoms with E-state index in [4.69, 9.17) is 5.73 Å². The van der Waals surface area contributed by atoms with Crippen molar-refractivity contribution in [3.05, 3.63) is 35.8 Å². The number of fused-ring (bicyclic) bond motifs is 1. The first-order valence-electron chi connectivity index (χ1n) is 6.44. The van der Waals surface area contributed by atoms with Gasteiger partial charge in [0.15, 0.2) is 0 Å². The van der Waals surface area contributed by atoms with E-state index in [2.05, 4.69) is 17.2 Å². The Bertz CT molecular complexity index is 468. The summed E-state index contributed by atoms with van der Waals surface area (Å²) >= 11 is 0. The molecule has 4 nitrogen and oxygen atoms in total. The van der Waals surface area contributed by atoms with Gasteiger partial charge in [0.2, 0.25) is 5.91 Å². The van der Waals surface area contributed by atoms with Crippen LogP contribution in [-0.4, -0.2) is 10.9 Å². The predicted octanol–water partition coefficient (Wildman–Crippen LogP) is 2.54. The SMILES string of the molecule is CCCCCC1C(C(N)=O)=CNc2ccncc21. The maximum absolute atomic E-state index is 11.5. The summed E-state index contributed by atoms with van der Waals surface area (Å²) in [5.41, 5.74) is 8.21. The van der Waals surface area contributed by atoms with Crippen LogP contribution < -0.4 is 11.1 Å². The number of nitrogens with zero attached hydrogens (tertiary/aromatic N) is 1. The van der Waals surface area contributed by atoms with Crippen molar-refractivity contribution in [3.8, 4) is 0 Å². The summed E-state index contributed by atoms with van der Waals surface area (Å²) in [7, 11) is 0. The van der Waals surface area contributed by atoms with Crippen LogP contribution in [0.4, 0.5) is 5.69 Å². The number of rotatable bonds is 5. The number of nitrogens with one attached hydrogen (secondary N) is 1. The Hall–Kier alpha value is -1.84. The lowest BCUT2D eigenvalue weighted by molar-refractivity contribution is -0.114. The molecular weight excluding hydrogens is 226 g/mol. The molecule has 1 aromatic heterocycles. The predicted molar refractivity (Wildman–Crippen MR) is 72.0 cm³/mol. The molecule has 4 heteroatoms. The Balaban J connectivity index is 2.25. The molecule has 18 heavy (non-hydrogen) atoms. The van der Waals surface area contributed by atoms with Gasteiger partial charge in [0.1, 0.15) is 0 Å². The van der Waals surface area contributed by atoms with E-state index in [0.29, 0.717) is 5.57 Å². The lowest BCUT2D eigenvalue weighted by atomic mass is 9.84. The van der Waals surface area contributed by atoms with Crippen LogP contribution in [0, 0.1) is 0 Å². The Labute approximate surface area is 107 Å². The zero-order valence-corrected chi connectivity index (χ0v) is 10.6. The van der Waals surface area contributed by atoms with E-state index in [0.717, 1.165) is 24.1 Å². The zero-order valence-electron chi connectivity index (χ0n) is 10.6. The van der Waals surface area contributed by atoms with Gasteiger partial charge in [-0.25, -0.2) is 0 Å². The Morgan fingerprint density at radius 3 is 3.06 bits per heavy atom. The van der Waals surface area contributed by atoms with Gasteiger partial charge in [-0.3, -0.25) is 9.78 Å². The van der Waals surface area contributed by atoms with E-state index in [1.165, 1.54) is 12.8 Å². The number of hydrogen-bond acceptors (Lipinski definition) is 3. The second kappa shape index (κ2) is 5.67. The minimum absolute atomic E-state index is 0.0824. The van der Waals surface area contributed by atoms with Crippen molar-refractivity contribution in [3.63, 3.8) is 0 Å². The maximum atomic E-state index is 11.5. The average Bonchev–Trinajstić information content (AvgIpc) is 2.38. The molecule has 0 saturated heterocycles. The molecule has 0 bridgehead atoms. The van der Waals surface area contributed by atoms with E-state index in [9.17, 15) is 4.79 Å². The highest BCUT2D eigenvalue weighted by atomic mass is 16.1. The van der Waals surface area contributed by atoms with Crippen LogP contribution in [-0.2, 0) is 4.79 Å². The molecule has 1 amide bonds. The molecule has 0 radical (unpaired) electrons. The van der Waals surface area contributed by atoms with Crippen LogP contribution in [0.15, 0.2) is 30.2 Å². The molecule has 1 aliphatic rings. The van der Waals surface area contributed by atoms with Gasteiger partial charge in [0.25, 0.3) is 0 Å². The first-order valence-corrected chi connectivity index (χ1v) is 6.44. The van der Waals surface area contributed by atoms with Crippen LogP contribution in [0.2, 0.25) is 0 Å². The third-order valence-electron chi connectivity index (χ3n) is 3.37. The van der Waals surface area contributed by atoms with Crippen molar-refractivity contribution >= 4 is 11.6 Å². The van der Waals surface area contributed by atoms with Gasteiger partial charge in [0, 0.05) is 41.3 Å². The molecule has 96 valence electrons. The second-order valence-corrected chi connectivity index (χ2v) is 4.62. The number of hydrogen-bond donors (Lipinski definition) is 2. The molecule has 1 aliphatic heterocycles. The summed E-state index contributed by atoms with van der Waals surface area (Å²) in [5.74, 6) is -0.266. The van der Waals surface area contributed by atoms with Crippen molar-refractivity contribution in [2.45, 2.75) is 38.5 Å². The highest BCUT2D eigenvalue weighted by Crippen LogP contribution is 2.37. The Morgan fingerprint density at radius 1 is 1.50 bits per heavy atom. The lowest BCUT2D eigenvalue weighted by Crippen LogP contribution is -2.24. The van der Waals surface area contributed by atoms with E-state index in [-0.39, 0.29) is 11.8 Å². The fourth-order valence-electron chi connectivity index (χ4n) is 2.39. The van der Waals surface area contributed by atoms with Crippen LogP contribution in [0.5, 0.6) is 0 Å². The highest BCUT2D eigenvalue weighted by molar-refractivity contribution is 5.95. The van der Waals surface area contributed by atoms with Crippen molar-refractivity contribution in [2.24, 2.45) is 5.73 Å². The summed E-state index contributed by atoms with van der Waals surface area (Å²) < 4.78 is 0. The van der Waals surface area contributed by atoms with Gasteiger partial charge >= 0.3 is 0 Å². The number of carbonyl (C=O) groups excluding carboxylic acids is 1. The summed E-state index contributed by atoms with van der Waals surface area (Å²) in [6.45, 7) is 2.17. The van der Waals surface area contributed by atoms with Gasteiger partial charge in [-0.15, -0.1) is 0 Å². The number of carbonyl (C=O) groups is 1. The zero-order chi connectivity index (χ0) is 13.0. The van der Waals surface area contributed by atoms with Gasteiger partial charge in [-0.05, 0) is 12.5 Å². The van der Waals surface area contributed by atoms with Crippen molar-refractivity contribution in [2.75, 3.05) is 5.32 Å². The molecule has 1 unspecified atom stereocenters. The van der Waals surface area contributed by atoms with Gasteiger partial charge in [-0.2, -0.15) is 0 Å². The maximum Gasteiger partial charge on any atom is 0.246 e. The van der Waals surface area contributed by atoms with Gasteiger partial charge in [-0.1, -0.05) is 26.2 Å². The third kappa shape index (κ3) is 2.53. The molecule has 0 aromatic carbocycles. The fourth-order valence-corrected chi connectivity index (χ4v) is 2.39. The minimum atomic E-state index is -0.349. The molecule has 1 aromatic rings. The quantitative estimate of drug-likeness (QED) is 0.783. The molecule has 0 fully saturated rings. The van der Waals surface area contributed by atoms with E-state index < -0.39 is 0 Å². The standard InChI is InChI=1S/C14H19N3O/c1-2-3-4-5-10-11-8-16-7-6-13(11)17-9-12(10)14(15)18/h6-10,17H,2-5H2,1H3,(H2,15,18). The summed E-state index contributed by atoms with van der Waals surface area (Å²) in [5, 5.41) is 3.11. The topological polar surface area (TPSA) is 68.0 Å². The number of unbranched alkanes of at least 4 members (excludes halogenated alkanes) is 2. The first kappa shape index (κ1) is 12.6. The average molecular weight is 245 g/mol. The molecule has 0 spiro atoms. The van der Waals surface area contributed by atoms with Crippen LogP contribution in [0.25, 0.3) is 0 Å². The second-order valence-electron chi connectivity index (χ2n) is 4.62. The number of aromatic nitrogens is 1. The van der Waals surface area contributed by atoms with E-state index >= 15 is 0 Å². The van der Waals surface area contributed by atoms with Crippen molar-refractivity contribution < 1.29 is 4.79 Å². The lowest BCUT2D eigenvalue weighted by Gasteiger charge is -2.25. The largest absolute Gasteiger partial charge is 0.366 e. The summed E-state index contributed by atoms with van der Waals surface area (Å²) in [4.78, 5) is 15.7. The van der Waals surface area contributed by atoms with Crippen LogP contribution in [0.3, 0.4) is 0 Å². The number of anilines is 1. The first-order chi connectivity index (χ1) is 8.74. The monoisotopic (exact) mass is 245 g/mol. The number of nitrogens with two attached hydrogens (primary N) is 1. The highest BCUT2D eigenvalue weighted by Gasteiger charge is 2.26. The minimum Gasteiger partial charge on any atom is -0.366 e. The smallest absolute Gasteiger partial charge is 0.246 e. The van der Waals surface area contributed by atoms with Crippen molar-refractivity contribution in [1.29, 1.82) is 0 Å². The molecular formula is C14H19N3O. The molecule has 1 atom stereocenters. The number of amides is 1. The van der Waals surface area contributed by atoms with Gasteiger partial charge < -0.3 is 11.1 Å². The molecule has 3 N–H and O–H groups in total. The van der Waals surface area contributed by atoms with E-state index in [1.54, 1.807) is 12.4 Å². The van der Waals surface area contributed by atoms with Crippen molar-refractivity contribution in [1.82, 2.24) is 4.98 Å². The molecule has 2 rings (SSSR count). The molecule has 0 aliphatic carbocycles. The fraction of sp³-hybridized carbons (Fsp3) is 0.429. The normalized spacial score (nSPS) is 17.6. The Morgan fingerprint density at radius 2 is 2.33 bits per heavy atom. The summed E-state index contributed by atoms with van der Waals surface area (Å²) in [6, 6.07) is 1.93. The van der Waals surface area contributed by atoms with E-state index in [1.807, 2.05) is 12.3 Å². The molecule has 0 saturated carbocycles. The summed E-state index contributed by atoms with van der Waals surface area (Å²) in [6.07, 6.45) is 9.70. The third-order valence-corrected chi connectivity index (χ3v) is 3.37. The van der Waals surface area contributed by atoms with Crippen LogP contribution >= 0.6 is 0 Å². The van der Waals surface area contributed by atoms with Crippen LogP contribution in [0.1, 0.15) is 44.1 Å².